The van der Waals surface area contributed by atoms with Gasteiger partial charge in [-0.1, -0.05) is 170 Å². The van der Waals surface area contributed by atoms with E-state index in [4.69, 9.17) is 9.84 Å². The molecule has 0 aliphatic heterocycles. The number of carbonyl (C=O) groups is 2. The van der Waals surface area contributed by atoms with Crippen molar-refractivity contribution < 1.29 is 19.4 Å². The summed E-state index contributed by atoms with van der Waals surface area (Å²) in [5.41, 5.74) is -0.331. The Balaban J connectivity index is 4.76. The Morgan fingerprint density at radius 3 is 1.47 bits per heavy atom. The fourth-order valence-corrected chi connectivity index (χ4v) is 7.17. The van der Waals surface area contributed by atoms with Gasteiger partial charge in [0, 0.05) is 6.42 Å². The number of esters is 1. The molecule has 0 radical (unpaired) electrons. The lowest BCUT2D eigenvalue weighted by Crippen LogP contribution is -2.42. The number of carboxylic acids is 1. The number of unbranched alkanes of at least 4 members (excludes halogenated alkanes) is 14. The van der Waals surface area contributed by atoms with E-state index in [1.807, 2.05) is 0 Å². The van der Waals surface area contributed by atoms with Crippen LogP contribution in [-0.4, -0.2) is 23.7 Å². The Labute approximate surface area is 269 Å². The Morgan fingerprint density at radius 2 is 1.05 bits per heavy atom. The summed E-state index contributed by atoms with van der Waals surface area (Å²) in [5.74, 6) is 0.976. The van der Waals surface area contributed by atoms with Crippen LogP contribution in [0.15, 0.2) is 0 Å². The van der Waals surface area contributed by atoms with Gasteiger partial charge < -0.3 is 9.84 Å². The Bertz CT molecular complexity index is 647. The molecule has 0 spiro atoms. The smallest absolute Gasteiger partial charge is 0.312 e. The summed E-state index contributed by atoms with van der Waals surface area (Å²) in [6.45, 7) is 14.2. The van der Waals surface area contributed by atoms with Crippen LogP contribution in [0.2, 0.25) is 0 Å². The first-order valence-electron chi connectivity index (χ1n) is 19.2. The monoisotopic (exact) mass is 609 g/mol. The third kappa shape index (κ3) is 19.8. The maximum atomic E-state index is 14.0. The second-order valence-electron chi connectivity index (χ2n) is 13.8. The number of rotatable bonds is 32. The predicted octanol–water partition coefficient (Wildman–Crippen LogP) is 12.7. The van der Waals surface area contributed by atoms with Crippen molar-refractivity contribution in [3.8, 4) is 0 Å². The van der Waals surface area contributed by atoms with Crippen molar-refractivity contribution in [3.05, 3.63) is 0 Å². The summed E-state index contributed by atoms with van der Waals surface area (Å²) in [6.07, 6.45) is 30.1. The predicted molar refractivity (Wildman–Crippen MR) is 186 cm³/mol. The minimum absolute atomic E-state index is 0.118. The lowest BCUT2D eigenvalue weighted by Gasteiger charge is -2.40. The molecule has 4 nitrogen and oxygen atoms in total. The van der Waals surface area contributed by atoms with Gasteiger partial charge in [-0.25, -0.2) is 0 Å². The number of carbonyl (C=O) groups excluding carboxylic acids is 1. The van der Waals surface area contributed by atoms with E-state index in [9.17, 15) is 9.59 Å². The van der Waals surface area contributed by atoms with E-state index in [1.54, 1.807) is 0 Å². The number of hydrogen-bond acceptors (Lipinski definition) is 3. The van der Waals surface area contributed by atoms with Gasteiger partial charge in [0.15, 0.2) is 0 Å². The van der Waals surface area contributed by atoms with Crippen LogP contribution in [0.5, 0.6) is 0 Å². The van der Waals surface area contributed by atoms with Crippen LogP contribution in [0.1, 0.15) is 208 Å². The molecule has 0 heterocycles. The maximum absolute atomic E-state index is 14.0. The first-order valence-corrected chi connectivity index (χ1v) is 19.2. The van der Waals surface area contributed by atoms with Gasteiger partial charge in [-0.3, -0.25) is 9.59 Å². The van der Waals surface area contributed by atoms with Gasteiger partial charge in [-0.15, -0.1) is 0 Å². The molecule has 1 N–H and O–H groups in total. The summed E-state index contributed by atoms with van der Waals surface area (Å²) >= 11 is 0. The van der Waals surface area contributed by atoms with Crippen LogP contribution < -0.4 is 0 Å². The first kappa shape index (κ1) is 41.9. The Hall–Kier alpha value is -1.06. The second kappa shape index (κ2) is 28.4. The number of carboxylic acid groups (broad SMARTS) is 1. The van der Waals surface area contributed by atoms with Crippen LogP contribution in [0.3, 0.4) is 0 Å². The zero-order valence-electron chi connectivity index (χ0n) is 30.0. The largest absolute Gasteiger partial charge is 0.481 e. The summed E-state index contributed by atoms with van der Waals surface area (Å²) in [7, 11) is 0. The molecule has 0 rings (SSSR count). The van der Waals surface area contributed by atoms with Crippen LogP contribution in [0.25, 0.3) is 0 Å². The SMILES string of the molecule is CCCCC(CC)COC(=O)C(CC)(CC(CC)CCCC)C(CC)CCCCCCCCCCCCCCCC(=O)O. The lowest BCUT2D eigenvalue weighted by atomic mass is 9.64. The van der Waals surface area contributed by atoms with Crippen molar-refractivity contribution in [2.45, 2.75) is 208 Å². The molecule has 0 bridgehead atoms. The average Bonchev–Trinajstić information content (AvgIpc) is 3.01. The highest BCUT2D eigenvalue weighted by Crippen LogP contribution is 2.45. The maximum Gasteiger partial charge on any atom is 0.312 e. The fraction of sp³-hybridized carbons (Fsp3) is 0.949. The highest BCUT2D eigenvalue weighted by Gasteiger charge is 2.45. The minimum Gasteiger partial charge on any atom is -0.481 e. The molecule has 4 unspecified atom stereocenters. The normalized spacial score (nSPS) is 15.1. The van der Waals surface area contributed by atoms with E-state index < -0.39 is 5.97 Å². The molecule has 256 valence electrons. The van der Waals surface area contributed by atoms with E-state index in [2.05, 4.69) is 41.5 Å². The summed E-state index contributed by atoms with van der Waals surface area (Å²) in [4.78, 5) is 24.6. The first-order chi connectivity index (χ1) is 20.8. The molecule has 0 aromatic carbocycles. The van der Waals surface area contributed by atoms with E-state index in [0.29, 0.717) is 30.8 Å². The number of ether oxygens (including phenoxy) is 1. The standard InChI is InChI=1S/C39H76O4/c1-7-13-28-34(9-3)32-39(12-6,38(42)43-33-35(10-4)29-14-8-2)36(11-5)30-26-24-22-20-18-16-15-17-19-21-23-25-27-31-37(40)41/h34-36H,7-33H2,1-6H3,(H,40,41). The van der Waals surface area contributed by atoms with Crippen molar-refractivity contribution in [2.75, 3.05) is 6.61 Å². The summed E-state index contributed by atoms with van der Waals surface area (Å²) in [5, 5.41) is 8.71. The van der Waals surface area contributed by atoms with Gasteiger partial charge in [0.2, 0.25) is 0 Å². The molecule has 0 aromatic heterocycles. The summed E-state index contributed by atoms with van der Waals surface area (Å²) in [6, 6.07) is 0. The Morgan fingerprint density at radius 1 is 0.581 bits per heavy atom. The Kier molecular flexibility index (Phi) is 27.7. The van der Waals surface area contributed by atoms with Crippen LogP contribution in [-0.2, 0) is 14.3 Å². The molecule has 0 aliphatic carbocycles. The molecule has 0 saturated carbocycles. The summed E-state index contributed by atoms with van der Waals surface area (Å²) < 4.78 is 6.25. The van der Waals surface area contributed by atoms with Crippen molar-refractivity contribution >= 4 is 11.9 Å². The van der Waals surface area contributed by atoms with E-state index in [-0.39, 0.29) is 11.4 Å². The van der Waals surface area contributed by atoms with Crippen molar-refractivity contribution in [3.63, 3.8) is 0 Å². The quantitative estimate of drug-likeness (QED) is 0.0609. The third-order valence-corrected chi connectivity index (χ3v) is 10.4. The molecule has 0 aromatic rings. The van der Waals surface area contributed by atoms with Crippen LogP contribution in [0.4, 0.5) is 0 Å². The highest BCUT2D eigenvalue weighted by molar-refractivity contribution is 5.77. The van der Waals surface area contributed by atoms with Gasteiger partial charge >= 0.3 is 11.9 Å². The number of hydrogen-bond donors (Lipinski definition) is 1. The molecule has 4 heteroatoms. The lowest BCUT2D eigenvalue weighted by molar-refractivity contribution is -0.164. The zero-order valence-corrected chi connectivity index (χ0v) is 30.0. The van der Waals surface area contributed by atoms with Gasteiger partial charge in [-0.05, 0) is 49.9 Å². The van der Waals surface area contributed by atoms with Crippen LogP contribution >= 0.6 is 0 Å². The van der Waals surface area contributed by atoms with Gasteiger partial charge in [-0.2, -0.15) is 0 Å². The molecule has 0 amide bonds. The van der Waals surface area contributed by atoms with Gasteiger partial charge in [0.1, 0.15) is 0 Å². The zero-order chi connectivity index (χ0) is 32.2. The van der Waals surface area contributed by atoms with Crippen molar-refractivity contribution in [1.29, 1.82) is 0 Å². The van der Waals surface area contributed by atoms with Crippen LogP contribution in [0, 0.1) is 23.2 Å². The molecular weight excluding hydrogens is 532 g/mol. The second-order valence-corrected chi connectivity index (χ2v) is 13.8. The molecular formula is C39H76O4. The van der Waals surface area contributed by atoms with Crippen molar-refractivity contribution in [1.82, 2.24) is 0 Å². The number of aliphatic carboxylic acids is 1. The van der Waals surface area contributed by atoms with Gasteiger partial charge in [0.25, 0.3) is 0 Å². The minimum atomic E-state index is -0.666. The molecule has 0 aliphatic rings. The van der Waals surface area contributed by atoms with E-state index in [0.717, 1.165) is 51.4 Å². The molecule has 0 fully saturated rings. The van der Waals surface area contributed by atoms with E-state index >= 15 is 0 Å². The molecule has 0 saturated heterocycles. The third-order valence-electron chi connectivity index (χ3n) is 10.4. The molecule has 43 heavy (non-hydrogen) atoms. The molecule has 4 atom stereocenters. The van der Waals surface area contributed by atoms with Crippen molar-refractivity contribution in [2.24, 2.45) is 23.2 Å². The highest BCUT2D eigenvalue weighted by atomic mass is 16.5. The average molecular weight is 609 g/mol. The fourth-order valence-electron chi connectivity index (χ4n) is 7.17. The van der Waals surface area contributed by atoms with Gasteiger partial charge in [0.05, 0.1) is 12.0 Å². The topological polar surface area (TPSA) is 63.6 Å². The van der Waals surface area contributed by atoms with E-state index in [1.165, 1.54) is 109 Å².